The third kappa shape index (κ3) is 2.99. The van der Waals surface area contributed by atoms with Crippen molar-refractivity contribution in [2.45, 2.75) is 6.92 Å². The van der Waals surface area contributed by atoms with Crippen LogP contribution in [0.2, 0.25) is 0 Å². The second kappa shape index (κ2) is 6.30. The highest BCUT2D eigenvalue weighted by atomic mass is 16.5. The summed E-state index contributed by atoms with van der Waals surface area (Å²) in [6.45, 7) is 2.07. The number of benzene rings is 1. The van der Waals surface area contributed by atoms with Crippen molar-refractivity contribution in [2.24, 2.45) is 7.05 Å². The van der Waals surface area contributed by atoms with Gasteiger partial charge in [0.1, 0.15) is 11.5 Å². The summed E-state index contributed by atoms with van der Waals surface area (Å²) >= 11 is 0. The molecular weight excluding hydrogens is 272 g/mol. The fourth-order valence-electron chi connectivity index (χ4n) is 2.04. The van der Waals surface area contributed by atoms with E-state index < -0.39 is 5.97 Å². The number of nitrogens with zero attached hydrogens (tertiary/aromatic N) is 2. The summed E-state index contributed by atoms with van der Waals surface area (Å²) in [5.74, 6) is 0.931. The fraction of sp³-hybridized carbons (Fsp3) is 0.333. The molecule has 0 bridgehead atoms. The third-order valence-corrected chi connectivity index (χ3v) is 3.05. The molecule has 0 radical (unpaired) electrons. The van der Waals surface area contributed by atoms with Gasteiger partial charge in [-0.3, -0.25) is 4.68 Å². The number of rotatable bonds is 5. The van der Waals surface area contributed by atoms with E-state index in [2.05, 4.69) is 5.10 Å². The van der Waals surface area contributed by atoms with Crippen LogP contribution in [0.15, 0.2) is 24.3 Å². The van der Waals surface area contributed by atoms with Crippen molar-refractivity contribution < 1.29 is 19.0 Å². The van der Waals surface area contributed by atoms with Gasteiger partial charge in [0.2, 0.25) is 0 Å². The molecule has 112 valence electrons. The van der Waals surface area contributed by atoms with Crippen molar-refractivity contribution in [3.8, 4) is 22.8 Å². The topological polar surface area (TPSA) is 62.6 Å². The van der Waals surface area contributed by atoms with Gasteiger partial charge in [0.25, 0.3) is 0 Å². The van der Waals surface area contributed by atoms with Crippen molar-refractivity contribution in [3.63, 3.8) is 0 Å². The maximum atomic E-state index is 11.8. The molecule has 0 spiro atoms. The van der Waals surface area contributed by atoms with Crippen LogP contribution in [-0.4, -0.2) is 36.6 Å². The predicted molar refractivity (Wildman–Crippen MR) is 77.7 cm³/mol. The van der Waals surface area contributed by atoms with E-state index in [1.165, 1.54) is 0 Å². The molecule has 0 N–H and O–H groups in total. The van der Waals surface area contributed by atoms with E-state index in [0.29, 0.717) is 18.1 Å². The average molecular weight is 290 g/mol. The Hall–Kier alpha value is -2.50. The summed E-state index contributed by atoms with van der Waals surface area (Å²) in [5.41, 5.74) is 1.80. The lowest BCUT2D eigenvalue weighted by Crippen LogP contribution is -2.05. The zero-order valence-electron chi connectivity index (χ0n) is 12.5. The first-order valence-electron chi connectivity index (χ1n) is 6.54. The minimum Gasteiger partial charge on any atom is -0.497 e. The van der Waals surface area contributed by atoms with Crippen molar-refractivity contribution in [2.75, 3.05) is 20.8 Å². The number of methoxy groups -OCH3 is 2. The van der Waals surface area contributed by atoms with Gasteiger partial charge in [-0.15, -0.1) is 0 Å². The van der Waals surface area contributed by atoms with Gasteiger partial charge in [0, 0.05) is 12.6 Å². The molecule has 0 saturated carbocycles. The number of carbonyl (C=O) groups is 1. The van der Waals surface area contributed by atoms with Crippen molar-refractivity contribution in [1.29, 1.82) is 0 Å². The molecule has 0 aliphatic carbocycles. The maximum Gasteiger partial charge on any atom is 0.358 e. The number of esters is 1. The first-order valence-corrected chi connectivity index (χ1v) is 6.54. The van der Waals surface area contributed by atoms with Gasteiger partial charge in [0.15, 0.2) is 5.69 Å². The SMILES string of the molecule is CCOC(=O)c1cc(-c2cc(OC)ccc2OC)n(C)n1. The Balaban J connectivity index is 2.48. The van der Waals surface area contributed by atoms with Crippen molar-refractivity contribution in [1.82, 2.24) is 9.78 Å². The van der Waals surface area contributed by atoms with Crippen LogP contribution in [0.5, 0.6) is 11.5 Å². The van der Waals surface area contributed by atoms with Crippen molar-refractivity contribution >= 4 is 5.97 Å². The zero-order valence-corrected chi connectivity index (χ0v) is 12.5. The quantitative estimate of drug-likeness (QED) is 0.791. The lowest BCUT2D eigenvalue weighted by Gasteiger charge is -2.10. The molecule has 1 aromatic heterocycles. The van der Waals surface area contributed by atoms with E-state index in [1.807, 2.05) is 18.2 Å². The van der Waals surface area contributed by atoms with Gasteiger partial charge in [-0.1, -0.05) is 0 Å². The molecule has 0 aliphatic rings. The normalized spacial score (nSPS) is 10.3. The number of carbonyl (C=O) groups excluding carboxylic acids is 1. The summed E-state index contributed by atoms with van der Waals surface area (Å²) in [6, 6.07) is 7.14. The molecule has 0 unspecified atom stereocenters. The van der Waals surface area contributed by atoms with Gasteiger partial charge in [-0.05, 0) is 31.2 Å². The van der Waals surface area contributed by atoms with Gasteiger partial charge >= 0.3 is 5.97 Å². The minimum atomic E-state index is -0.443. The average Bonchev–Trinajstić information content (AvgIpc) is 2.88. The number of hydrogen-bond acceptors (Lipinski definition) is 5. The molecule has 0 amide bonds. The minimum absolute atomic E-state index is 0.263. The highest BCUT2D eigenvalue weighted by Gasteiger charge is 2.17. The van der Waals surface area contributed by atoms with E-state index >= 15 is 0 Å². The zero-order chi connectivity index (χ0) is 15.4. The highest BCUT2D eigenvalue weighted by molar-refractivity contribution is 5.89. The molecule has 1 aromatic carbocycles. The lowest BCUT2D eigenvalue weighted by molar-refractivity contribution is 0.0518. The highest BCUT2D eigenvalue weighted by Crippen LogP contribution is 2.33. The molecule has 6 nitrogen and oxygen atoms in total. The van der Waals surface area contributed by atoms with Gasteiger partial charge in [0.05, 0.1) is 26.5 Å². The Labute approximate surface area is 123 Å². The molecule has 2 rings (SSSR count). The Bertz CT molecular complexity index is 649. The molecule has 2 aromatic rings. The van der Waals surface area contributed by atoms with Crippen LogP contribution in [0.1, 0.15) is 17.4 Å². The Morgan fingerprint density at radius 3 is 2.62 bits per heavy atom. The van der Waals surface area contributed by atoms with Crippen LogP contribution in [0, 0.1) is 0 Å². The standard InChI is InChI=1S/C15H18N2O4/c1-5-21-15(18)12-9-13(17(2)16-12)11-8-10(19-3)6-7-14(11)20-4/h6-9H,5H2,1-4H3. The van der Waals surface area contributed by atoms with E-state index in [0.717, 1.165) is 11.3 Å². The van der Waals surface area contributed by atoms with Crippen LogP contribution in [-0.2, 0) is 11.8 Å². The lowest BCUT2D eigenvalue weighted by atomic mass is 10.1. The van der Waals surface area contributed by atoms with Gasteiger partial charge < -0.3 is 14.2 Å². The molecular formula is C15H18N2O4. The Morgan fingerprint density at radius 2 is 2.00 bits per heavy atom. The Morgan fingerprint density at radius 1 is 1.24 bits per heavy atom. The smallest absolute Gasteiger partial charge is 0.358 e. The summed E-state index contributed by atoms with van der Waals surface area (Å²) in [7, 11) is 4.95. The van der Waals surface area contributed by atoms with E-state index in [4.69, 9.17) is 14.2 Å². The molecule has 0 aliphatic heterocycles. The molecule has 1 heterocycles. The summed E-state index contributed by atoms with van der Waals surface area (Å²) in [5, 5.41) is 4.18. The second-order valence-electron chi connectivity index (χ2n) is 4.33. The van der Waals surface area contributed by atoms with Crippen LogP contribution in [0.25, 0.3) is 11.3 Å². The number of ether oxygens (including phenoxy) is 3. The molecule has 0 atom stereocenters. The predicted octanol–water partition coefficient (Wildman–Crippen LogP) is 2.28. The van der Waals surface area contributed by atoms with Crippen LogP contribution in [0.4, 0.5) is 0 Å². The number of aryl methyl sites for hydroxylation is 1. The largest absolute Gasteiger partial charge is 0.497 e. The fourth-order valence-corrected chi connectivity index (χ4v) is 2.04. The number of hydrogen-bond donors (Lipinski definition) is 0. The van der Waals surface area contributed by atoms with Gasteiger partial charge in [-0.25, -0.2) is 4.79 Å². The summed E-state index contributed by atoms with van der Waals surface area (Å²) in [6.07, 6.45) is 0. The van der Waals surface area contributed by atoms with Crippen LogP contribution >= 0.6 is 0 Å². The molecule has 0 saturated heterocycles. The third-order valence-electron chi connectivity index (χ3n) is 3.05. The number of aromatic nitrogens is 2. The van der Waals surface area contributed by atoms with E-state index in [-0.39, 0.29) is 5.69 Å². The molecule has 6 heteroatoms. The first-order chi connectivity index (χ1) is 10.1. The first kappa shape index (κ1) is 14.9. The monoisotopic (exact) mass is 290 g/mol. The van der Waals surface area contributed by atoms with E-state index in [1.54, 1.807) is 38.9 Å². The van der Waals surface area contributed by atoms with Gasteiger partial charge in [-0.2, -0.15) is 5.10 Å². The maximum absolute atomic E-state index is 11.8. The summed E-state index contributed by atoms with van der Waals surface area (Å²) in [4.78, 5) is 11.8. The summed E-state index contributed by atoms with van der Waals surface area (Å²) < 4.78 is 17.2. The van der Waals surface area contributed by atoms with Crippen molar-refractivity contribution in [3.05, 3.63) is 30.0 Å². The molecule has 0 fully saturated rings. The van der Waals surface area contributed by atoms with Crippen LogP contribution in [0.3, 0.4) is 0 Å². The van der Waals surface area contributed by atoms with E-state index in [9.17, 15) is 4.79 Å². The second-order valence-corrected chi connectivity index (χ2v) is 4.33. The molecule has 21 heavy (non-hydrogen) atoms. The Kier molecular flexibility index (Phi) is 4.47. The van der Waals surface area contributed by atoms with Crippen LogP contribution < -0.4 is 9.47 Å².